The molecular weight excluding hydrogens is 244 g/mol. The minimum atomic E-state index is -1.10. The summed E-state index contributed by atoms with van der Waals surface area (Å²) >= 11 is 5.82. The molecule has 5 heteroatoms. The quantitative estimate of drug-likeness (QED) is 0.852. The molecule has 0 saturated heterocycles. The highest BCUT2D eigenvalue weighted by Crippen LogP contribution is 2.27. The molecule has 17 heavy (non-hydrogen) atoms. The predicted octanol–water partition coefficient (Wildman–Crippen LogP) is 2.84. The van der Waals surface area contributed by atoms with Gasteiger partial charge in [0.2, 0.25) is 0 Å². The van der Waals surface area contributed by atoms with Gasteiger partial charge in [-0.15, -0.1) is 0 Å². The van der Waals surface area contributed by atoms with Crippen LogP contribution in [0.1, 0.15) is 24.2 Å². The van der Waals surface area contributed by atoms with E-state index in [0.717, 1.165) is 0 Å². The first-order valence-corrected chi connectivity index (χ1v) is 5.70. The molecule has 0 saturated carbocycles. The predicted molar refractivity (Wildman–Crippen MR) is 65.0 cm³/mol. The van der Waals surface area contributed by atoms with Crippen molar-refractivity contribution in [3.63, 3.8) is 0 Å². The minimum Gasteiger partial charge on any atom is -0.487 e. The highest BCUT2D eigenvalue weighted by Gasteiger charge is 2.17. The van der Waals surface area contributed by atoms with Gasteiger partial charge in [-0.1, -0.05) is 17.7 Å². The van der Waals surface area contributed by atoms with E-state index < -0.39 is 5.97 Å². The van der Waals surface area contributed by atoms with Crippen LogP contribution in [0.5, 0.6) is 5.75 Å². The average molecular weight is 259 g/mol. The van der Waals surface area contributed by atoms with Gasteiger partial charge in [-0.05, 0) is 26.0 Å². The summed E-state index contributed by atoms with van der Waals surface area (Å²) < 4.78 is 10.7. The molecule has 0 fully saturated rings. The Bertz CT molecular complexity index is 392. The summed E-state index contributed by atoms with van der Waals surface area (Å²) in [5.74, 6) is -0.841. The second-order valence-corrected chi connectivity index (χ2v) is 3.91. The van der Waals surface area contributed by atoms with Crippen LogP contribution < -0.4 is 4.74 Å². The Labute approximate surface area is 105 Å². The van der Waals surface area contributed by atoms with Crippen LogP contribution in [0.3, 0.4) is 0 Å². The molecule has 0 radical (unpaired) electrons. The third-order valence-corrected chi connectivity index (χ3v) is 2.39. The van der Waals surface area contributed by atoms with Crippen molar-refractivity contribution in [3.8, 4) is 5.75 Å². The summed E-state index contributed by atoms with van der Waals surface area (Å²) in [5, 5.41) is 9.21. The molecule has 1 atom stereocenters. The maximum atomic E-state index is 11.0. The molecule has 0 aliphatic rings. The SMILES string of the molecule is CCOCC(C)Oc1cccc(Cl)c1C(=O)O. The zero-order chi connectivity index (χ0) is 12.8. The van der Waals surface area contributed by atoms with Crippen molar-refractivity contribution in [1.29, 1.82) is 0 Å². The first-order chi connectivity index (χ1) is 8.06. The summed E-state index contributed by atoms with van der Waals surface area (Å²) in [7, 11) is 0. The highest BCUT2D eigenvalue weighted by molar-refractivity contribution is 6.33. The van der Waals surface area contributed by atoms with Crippen LogP contribution in [0.4, 0.5) is 0 Å². The second-order valence-electron chi connectivity index (χ2n) is 3.51. The Morgan fingerprint density at radius 1 is 1.53 bits per heavy atom. The number of carbonyl (C=O) groups is 1. The van der Waals surface area contributed by atoms with Gasteiger partial charge in [0.25, 0.3) is 0 Å². The van der Waals surface area contributed by atoms with Gasteiger partial charge in [0.1, 0.15) is 17.4 Å². The number of carboxylic acids is 1. The van der Waals surface area contributed by atoms with Gasteiger partial charge in [0.15, 0.2) is 0 Å². The molecule has 1 aromatic rings. The van der Waals surface area contributed by atoms with E-state index in [-0.39, 0.29) is 22.4 Å². The molecule has 0 aromatic heterocycles. The molecule has 1 rings (SSSR count). The summed E-state index contributed by atoms with van der Waals surface area (Å²) in [6, 6.07) is 4.75. The third kappa shape index (κ3) is 3.91. The Morgan fingerprint density at radius 2 is 2.24 bits per heavy atom. The normalized spacial score (nSPS) is 12.2. The molecule has 1 aromatic carbocycles. The number of rotatable bonds is 6. The fraction of sp³-hybridized carbons (Fsp3) is 0.417. The van der Waals surface area contributed by atoms with Crippen LogP contribution in [0.25, 0.3) is 0 Å². The molecular formula is C12H15ClO4. The van der Waals surface area contributed by atoms with E-state index in [1.165, 1.54) is 6.07 Å². The van der Waals surface area contributed by atoms with Crippen LogP contribution in [0.15, 0.2) is 18.2 Å². The number of halogens is 1. The lowest BCUT2D eigenvalue weighted by atomic mass is 10.2. The summed E-state index contributed by atoms with van der Waals surface area (Å²) in [4.78, 5) is 11.0. The molecule has 4 nitrogen and oxygen atoms in total. The highest BCUT2D eigenvalue weighted by atomic mass is 35.5. The Kier molecular flexibility index (Phi) is 5.25. The van der Waals surface area contributed by atoms with Gasteiger partial charge >= 0.3 is 5.97 Å². The van der Waals surface area contributed by atoms with Gasteiger partial charge in [-0.2, -0.15) is 0 Å². The summed E-state index contributed by atoms with van der Waals surface area (Å²) in [6.07, 6.45) is -0.230. The Balaban J connectivity index is 2.83. The number of hydrogen-bond donors (Lipinski definition) is 1. The first-order valence-electron chi connectivity index (χ1n) is 5.32. The first kappa shape index (κ1) is 13.8. The number of aromatic carboxylic acids is 1. The van der Waals surface area contributed by atoms with Crippen molar-refractivity contribution in [2.45, 2.75) is 20.0 Å². The standard InChI is InChI=1S/C12H15ClO4/c1-3-16-7-8(2)17-10-6-4-5-9(13)11(10)12(14)15/h4-6,8H,3,7H2,1-2H3,(H,14,15). The largest absolute Gasteiger partial charge is 0.487 e. The fourth-order valence-electron chi connectivity index (χ4n) is 1.34. The van der Waals surface area contributed by atoms with Crippen molar-refractivity contribution in [2.24, 2.45) is 0 Å². The van der Waals surface area contributed by atoms with E-state index >= 15 is 0 Å². The number of ether oxygens (including phenoxy) is 2. The smallest absolute Gasteiger partial charge is 0.341 e. The molecule has 0 bridgehead atoms. The lowest BCUT2D eigenvalue weighted by molar-refractivity contribution is 0.0607. The number of carboxylic acid groups (broad SMARTS) is 1. The van der Waals surface area contributed by atoms with E-state index in [1.807, 2.05) is 13.8 Å². The molecule has 0 heterocycles. The van der Waals surface area contributed by atoms with Crippen molar-refractivity contribution in [2.75, 3.05) is 13.2 Å². The van der Waals surface area contributed by atoms with Crippen molar-refractivity contribution in [3.05, 3.63) is 28.8 Å². The molecule has 0 spiro atoms. The lowest BCUT2D eigenvalue weighted by Crippen LogP contribution is -2.20. The fourth-order valence-corrected chi connectivity index (χ4v) is 1.59. The van der Waals surface area contributed by atoms with E-state index in [9.17, 15) is 4.79 Å². The van der Waals surface area contributed by atoms with Crippen molar-refractivity contribution in [1.82, 2.24) is 0 Å². The van der Waals surface area contributed by atoms with Crippen molar-refractivity contribution < 1.29 is 19.4 Å². The van der Waals surface area contributed by atoms with Crippen molar-refractivity contribution >= 4 is 17.6 Å². The van der Waals surface area contributed by atoms with Crippen LogP contribution in [0, 0.1) is 0 Å². The van der Waals surface area contributed by atoms with Gasteiger partial charge in [-0.25, -0.2) is 4.79 Å². The lowest BCUT2D eigenvalue weighted by Gasteiger charge is -2.16. The van der Waals surface area contributed by atoms with Gasteiger partial charge < -0.3 is 14.6 Å². The molecule has 0 aliphatic carbocycles. The maximum Gasteiger partial charge on any atom is 0.341 e. The molecule has 94 valence electrons. The topological polar surface area (TPSA) is 55.8 Å². The number of hydrogen-bond acceptors (Lipinski definition) is 3. The monoisotopic (exact) mass is 258 g/mol. The summed E-state index contributed by atoms with van der Waals surface area (Å²) in [5.41, 5.74) is -0.0162. The van der Waals surface area contributed by atoms with E-state index in [4.69, 9.17) is 26.2 Å². The van der Waals surface area contributed by atoms with Crippen LogP contribution in [0.2, 0.25) is 5.02 Å². The minimum absolute atomic E-state index is 0.0162. The summed E-state index contributed by atoms with van der Waals surface area (Å²) in [6.45, 7) is 4.69. The van der Waals surface area contributed by atoms with E-state index in [1.54, 1.807) is 12.1 Å². The van der Waals surface area contributed by atoms with Gasteiger partial charge in [0, 0.05) is 6.61 Å². The zero-order valence-corrected chi connectivity index (χ0v) is 10.5. The molecule has 1 unspecified atom stereocenters. The molecule has 0 amide bonds. The maximum absolute atomic E-state index is 11.0. The van der Waals surface area contributed by atoms with E-state index in [0.29, 0.717) is 13.2 Å². The van der Waals surface area contributed by atoms with Crippen LogP contribution in [-0.2, 0) is 4.74 Å². The van der Waals surface area contributed by atoms with Gasteiger partial charge in [0.05, 0.1) is 11.6 Å². The zero-order valence-electron chi connectivity index (χ0n) is 9.77. The van der Waals surface area contributed by atoms with Crippen LogP contribution in [-0.4, -0.2) is 30.4 Å². The number of benzene rings is 1. The second kappa shape index (κ2) is 6.47. The molecule has 0 aliphatic heterocycles. The Hall–Kier alpha value is -1.26. The average Bonchev–Trinajstić information content (AvgIpc) is 2.25. The third-order valence-electron chi connectivity index (χ3n) is 2.07. The molecule has 1 N–H and O–H groups in total. The van der Waals surface area contributed by atoms with Crippen LogP contribution >= 0.6 is 11.6 Å². The van der Waals surface area contributed by atoms with Gasteiger partial charge in [-0.3, -0.25) is 0 Å². The Morgan fingerprint density at radius 3 is 2.82 bits per heavy atom. The van der Waals surface area contributed by atoms with E-state index in [2.05, 4.69) is 0 Å².